The van der Waals surface area contributed by atoms with E-state index >= 15 is 0 Å². The molecule has 0 unspecified atom stereocenters. The van der Waals surface area contributed by atoms with E-state index in [4.69, 9.17) is 9.47 Å². The molecule has 3 aromatic carbocycles. The highest BCUT2D eigenvalue weighted by molar-refractivity contribution is 6.10. The minimum atomic E-state index is -0.448. The van der Waals surface area contributed by atoms with Gasteiger partial charge in [-0.1, -0.05) is 30.3 Å². The number of halogens is 1. The number of rotatable bonds is 5. The van der Waals surface area contributed by atoms with E-state index in [0.717, 1.165) is 0 Å². The number of anilines is 2. The van der Waals surface area contributed by atoms with Crippen molar-refractivity contribution in [3.63, 3.8) is 0 Å². The molecule has 0 radical (unpaired) electrons. The zero-order valence-electron chi connectivity index (χ0n) is 15.3. The standard InChI is InChI=1S/C22H17FN2O4/c23-17-7-3-1-5-14(17)11-21(26)25-18-8-4-2-6-16(18)22(27)24-15-9-10-19-20(12-15)29-13-28-19/h1-10,12H,11,13H2,(H,24,27)(H,25,26). The molecular weight excluding hydrogens is 375 g/mol. The highest BCUT2D eigenvalue weighted by Gasteiger charge is 2.17. The van der Waals surface area contributed by atoms with Crippen molar-refractivity contribution in [1.82, 2.24) is 0 Å². The summed E-state index contributed by atoms with van der Waals surface area (Å²) < 4.78 is 24.3. The number of fused-ring (bicyclic) bond motifs is 1. The zero-order valence-corrected chi connectivity index (χ0v) is 15.3. The van der Waals surface area contributed by atoms with E-state index in [9.17, 15) is 14.0 Å². The van der Waals surface area contributed by atoms with Crippen LogP contribution in [0, 0.1) is 5.82 Å². The second kappa shape index (κ2) is 8.02. The van der Waals surface area contributed by atoms with E-state index in [1.807, 2.05) is 0 Å². The first-order valence-corrected chi connectivity index (χ1v) is 8.93. The van der Waals surface area contributed by atoms with Crippen LogP contribution in [0.25, 0.3) is 0 Å². The minimum Gasteiger partial charge on any atom is -0.454 e. The summed E-state index contributed by atoms with van der Waals surface area (Å²) >= 11 is 0. The molecule has 146 valence electrons. The van der Waals surface area contributed by atoms with Gasteiger partial charge in [-0.15, -0.1) is 0 Å². The number of benzene rings is 3. The molecule has 0 saturated carbocycles. The first-order chi connectivity index (χ1) is 14.1. The van der Waals surface area contributed by atoms with E-state index in [1.165, 1.54) is 6.07 Å². The van der Waals surface area contributed by atoms with Gasteiger partial charge in [0.25, 0.3) is 5.91 Å². The Balaban J connectivity index is 1.48. The topological polar surface area (TPSA) is 76.7 Å². The lowest BCUT2D eigenvalue weighted by atomic mass is 10.1. The number of ether oxygens (including phenoxy) is 2. The summed E-state index contributed by atoms with van der Waals surface area (Å²) in [6.45, 7) is 0.142. The van der Waals surface area contributed by atoms with Crippen molar-refractivity contribution in [2.45, 2.75) is 6.42 Å². The summed E-state index contributed by atoms with van der Waals surface area (Å²) in [5.41, 5.74) is 1.44. The van der Waals surface area contributed by atoms with Crippen molar-refractivity contribution in [2.75, 3.05) is 17.4 Å². The molecule has 2 amide bonds. The van der Waals surface area contributed by atoms with Gasteiger partial charge < -0.3 is 20.1 Å². The minimum absolute atomic E-state index is 0.134. The van der Waals surface area contributed by atoms with Gasteiger partial charge in [-0.3, -0.25) is 9.59 Å². The lowest BCUT2D eigenvalue weighted by Crippen LogP contribution is -2.19. The Labute approximate surface area is 166 Å². The van der Waals surface area contributed by atoms with Crippen LogP contribution in [0.15, 0.2) is 66.7 Å². The maximum Gasteiger partial charge on any atom is 0.257 e. The first kappa shape index (κ1) is 18.5. The fourth-order valence-electron chi connectivity index (χ4n) is 2.97. The number of hydrogen-bond acceptors (Lipinski definition) is 4. The Morgan fingerprint density at radius 2 is 1.66 bits per heavy atom. The van der Waals surface area contributed by atoms with Crippen molar-refractivity contribution >= 4 is 23.2 Å². The number of carbonyl (C=O) groups excluding carboxylic acids is 2. The highest BCUT2D eigenvalue weighted by atomic mass is 19.1. The summed E-state index contributed by atoms with van der Waals surface area (Å²) in [6, 6.07) is 17.8. The van der Waals surface area contributed by atoms with E-state index in [0.29, 0.717) is 22.9 Å². The van der Waals surface area contributed by atoms with Gasteiger partial charge in [-0.2, -0.15) is 0 Å². The molecule has 7 heteroatoms. The summed E-state index contributed by atoms with van der Waals surface area (Å²) in [7, 11) is 0. The van der Waals surface area contributed by atoms with Crippen molar-refractivity contribution < 1.29 is 23.5 Å². The van der Waals surface area contributed by atoms with Gasteiger partial charge in [-0.25, -0.2) is 4.39 Å². The van der Waals surface area contributed by atoms with Gasteiger partial charge in [0.1, 0.15) is 5.82 Å². The molecule has 3 aromatic rings. The molecular formula is C22H17FN2O4. The van der Waals surface area contributed by atoms with Gasteiger partial charge >= 0.3 is 0 Å². The van der Waals surface area contributed by atoms with Crippen LogP contribution >= 0.6 is 0 Å². The predicted molar refractivity (Wildman–Crippen MR) is 106 cm³/mol. The van der Waals surface area contributed by atoms with E-state index < -0.39 is 17.6 Å². The average Bonchev–Trinajstić information content (AvgIpc) is 3.18. The largest absolute Gasteiger partial charge is 0.454 e. The third kappa shape index (κ3) is 4.19. The smallest absolute Gasteiger partial charge is 0.257 e. The molecule has 0 atom stereocenters. The normalized spacial score (nSPS) is 11.8. The predicted octanol–water partition coefficient (Wildman–Crippen LogP) is 3.99. The van der Waals surface area contributed by atoms with E-state index in [2.05, 4.69) is 10.6 Å². The Hall–Kier alpha value is -3.87. The number of para-hydroxylation sites is 1. The molecule has 0 aromatic heterocycles. The molecule has 2 N–H and O–H groups in total. The van der Waals surface area contributed by atoms with Crippen LogP contribution in [-0.2, 0) is 11.2 Å². The maximum absolute atomic E-state index is 13.8. The second-order valence-corrected chi connectivity index (χ2v) is 6.38. The Morgan fingerprint density at radius 1 is 0.897 bits per heavy atom. The molecule has 0 bridgehead atoms. The molecule has 4 rings (SSSR count). The van der Waals surface area contributed by atoms with Crippen LogP contribution in [0.4, 0.5) is 15.8 Å². The molecule has 6 nitrogen and oxygen atoms in total. The first-order valence-electron chi connectivity index (χ1n) is 8.93. The van der Waals surface area contributed by atoms with Crippen LogP contribution in [0.3, 0.4) is 0 Å². The Morgan fingerprint density at radius 3 is 2.52 bits per heavy atom. The Kier molecular flexibility index (Phi) is 5.11. The quantitative estimate of drug-likeness (QED) is 0.688. The van der Waals surface area contributed by atoms with Crippen LogP contribution in [-0.4, -0.2) is 18.6 Å². The summed E-state index contributed by atoms with van der Waals surface area (Å²) in [5.74, 6) is -0.0985. The zero-order chi connectivity index (χ0) is 20.2. The van der Waals surface area contributed by atoms with Crippen LogP contribution in [0.5, 0.6) is 11.5 Å². The van der Waals surface area contributed by atoms with Gasteiger partial charge in [0.15, 0.2) is 11.5 Å². The third-order valence-corrected chi connectivity index (χ3v) is 4.39. The lowest BCUT2D eigenvalue weighted by Gasteiger charge is -2.12. The summed E-state index contributed by atoms with van der Waals surface area (Å²) in [4.78, 5) is 25.1. The molecule has 29 heavy (non-hydrogen) atoms. The summed E-state index contributed by atoms with van der Waals surface area (Å²) in [5, 5.41) is 5.46. The molecule has 1 aliphatic heterocycles. The van der Waals surface area contributed by atoms with Crippen molar-refractivity contribution in [3.8, 4) is 11.5 Å². The lowest BCUT2D eigenvalue weighted by molar-refractivity contribution is -0.115. The van der Waals surface area contributed by atoms with E-state index in [1.54, 1.807) is 60.7 Å². The molecule has 1 aliphatic rings. The Bertz CT molecular complexity index is 1080. The van der Waals surface area contributed by atoms with Crippen molar-refractivity contribution in [3.05, 3.63) is 83.7 Å². The van der Waals surface area contributed by atoms with Crippen LogP contribution in [0.2, 0.25) is 0 Å². The van der Waals surface area contributed by atoms with Gasteiger partial charge in [-0.05, 0) is 35.9 Å². The fourth-order valence-corrected chi connectivity index (χ4v) is 2.97. The fraction of sp³-hybridized carbons (Fsp3) is 0.0909. The van der Waals surface area contributed by atoms with Crippen LogP contribution < -0.4 is 20.1 Å². The molecule has 0 fully saturated rings. The van der Waals surface area contributed by atoms with Gasteiger partial charge in [0.2, 0.25) is 12.7 Å². The van der Waals surface area contributed by atoms with Crippen LogP contribution in [0.1, 0.15) is 15.9 Å². The number of amides is 2. The van der Waals surface area contributed by atoms with Crippen molar-refractivity contribution in [2.24, 2.45) is 0 Å². The second-order valence-electron chi connectivity index (χ2n) is 6.38. The SMILES string of the molecule is O=C(Cc1ccccc1F)Nc1ccccc1C(=O)Nc1ccc2c(c1)OCO2. The number of hydrogen-bond donors (Lipinski definition) is 2. The molecule has 0 aliphatic carbocycles. The highest BCUT2D eigenvalue weighted by Crippen LogP contribution is 2.34. The van der Waals surface area contributed by atoms with Gasteiger partial charge in [0, 0.05) is 11.8 Å². The molecule has 0 spiro atoms. The molecule has 1 heterocycles. The summed E-state index contributed by atoms with van der Waals surface area (Å²) in [6.07, 6.45) is -0.134. The van der Waals surface area contributed by atoms with Gasteiger partial charge in [0.05, 0.1) is 17.7 Å². The average molecular weight is 392 g/mol. The number of nitrogens with one attached hydrogen (secondary N) is 2. The monoisotopic (exact) mass is 392 g/mol. The maximum atomic E-state index is 13.8. The van der Waals surface area contributed by atoms with Crippen molar-refractivity contribution in [1.29, 1.82) is 0 Å². The number of carbonyl (C=O) groups is 2. The third-order valence-electron chi connectivity index (χ3n) is 4.39. The molecule has 0 saturated heterocycles. The van der Waals surface area contributed by atoms with E-state index in [-0.39, 0.29) is 24.3 Å².